The maximum absolute atomic E-state index is 13.0. The lowest BCUT2D eigenvalue weighted by Crippen LogP contribution is -2.63. The van der Waals surface area contributed by atoms with E-state index in [0.717, 1.165) is 11.3 Å². The lowest BCUT2D eigenvalue weighted by Gasteiger charge is -2.50. The molecule has 2 aromatic rings. The number of methoxy groups -OCH3 is 2. The van der Waals surface area contributed by atoms with Gasteiger partial charge in [-0.2, -0.15) is 0 Å². The number of hydrogen-bond acceptors (Lipinski definition) is 9. The monoisotopic (exact) mass is 472 g/mol. The van der Waals surface area contributed by atoms with Crippen LogP contribution in [0.1, 0.15) is 31.0 Å². The van der Waals surface area contributed by atoms with Crippen molar-refractivity contribution in [2.45, 2.75) is 50.3 Å². The smallest absolute Gasteiger partial charge is 0.329 e. The van der Waals surface area contributed by atoms with Crippen LogP contribution >= 0.6 is 0 Å². The van der Waals surface area contributed by atoms with Crippen LogP contribution in [0.2, 0.25) is 0 Å². The van der Waals surface area contributed by atoms with E-state index in [9.17, 15) is 20.0 Å². The lowest BCUT2D eigenvalue weighted by atomic mass is 9.83. The Bertz CT molecular complexity index is 1090. The van der Waals surface area contributed by atoms with E-state index in [0.29, 0.717) is 17.7 Å². The van der Waals surface area contributed by atoms with Gasteiger partial charge in [-0.05, 0) is 31.5 Å². The number of fused-ring (bicyclic) bond motifs is 2. The molecule has 0 unspecified atom stereocenters. The van der Waals surface area contributed by atoms with E-state index in [-0.39, 0.29) is 12.3 Å². The van der Waals surface area contributed by atoms with Gasteiger partial charge in [0, 0.05) is 44.0 Å². The maximum Gasteiger partial charge on any atom is 0.329 e. The van der Waals surface area contributed by atoms with Crippen LogP contribution in [0.15, 0.2) is 42.5 Å². The van der Waals surface area contributed by atoms with E-state index < -0.39 is 41.0 Å². The molecule has 1 N–H and O–H groups in total. The normalized spacial score (nSPS) is 25.5. The molecule has 10 heteroatoms. The Labute approximate surface area is 197 Å². The van der Waals surface area contributed by atoms with Gasteiger partial charge in [0.25, 0.3) is 5.69 Å². The average molecular weight is 472 g/mol. The third-order valence-corrected chi connectivity index (χ3v) is 6.51. The molecular formula is C24H28N2O8. The zero-order valence-corrected chi connectivity index (χ0v) is 19.5. The summed E-state index contributed by atoms with van der Waals surface area (Å²) in [5, 5.41) is 23.3. The molecule has 0 bridgehead atoms. The number of carbonyl (C=O) groups excluding carboxylic acids is 1. The van der Waals surface area contributed by atoms with E-state index in [1.807, 2.05) is 24.3 Å². The summed E-state index contributed by atoms with van der Waals surface area (Å²) in [6, 6.07) is 10.1. The number of para-hydroxylation sites is 1. The predicted octanol–water partition coefficient (Wildman–Crippen LogP) is 2.76. The molecule has 182 valence electrons. The highest BCUT2D eigenvalue weighted by molar-refractivity contribution is 5.84. The van der Waals surface area contributed by atoms with Gasteiger partial charge in [-0.3, -0.25) is 10.1 Å². The number of nitro groups is 1. The summed E-state index contributed by atoms with van der Waals surface area (Å²) in [4.78, 5) is 25.9. The minimum atomic E-state index is -1.39. The van der Waals surface area contributed by atoms with Crippen molar-refractivity contribution < 1.29 is 33.8 Å². The summed E-state index contributed by atoms with van der Waals surface area (Å²) in [5.41, 5.74) is 0.476. The summed E-state index contributed by atoms with van der Waals surface area (Å²) in [7, 11) is 2.87. The Kier molecular flexibility index (Phi) is 6.48. The summed E-state index contributed by atoms with van der Waals surface area (Å²) in [6.07, 6.45) is -1.89. The number of esters is 1. The molecule has 0 fully saturated rings. The molecule has 4 atom stereocenters. The molecule has 0 aliphatic carbocycles. The number of hydrogen-bond donors (Lipinski definition) is 1. The van der Waals surface area contributed by atoms with Crippen molar-refractivity contribution in [3.8, 4) is 5.75 Å². The molecular weight excluding hydrogens is 444 g/mol. The highest BCUT2D eigenvalue weighted by atomic mass is 16.7. The van der Waals surface area contributed by atoms with Gasteiger partial charge < -0.3 is 29.0 Å². The van der Waals surface area contributed by atoms with Crippen molar-refractivity contribution in [3.63, 3.8) is 0 Å². The number of aliphatic hydroxyl groups excluding tert-OH is 1. The van der Waals surface area contributed by atoms with Crippen molar-refractivity contribution >= 4 is 17.3 Å². The lowest BCUT2D eigenvalue weighted by molar-refractivity contribution is -0.385. The fraction of sp³-hybridized carbons (Fsp3) is 0.458. The Morgan fingerprint density at radius 3 is 2.65 bits per heavy atom. The van der Waals surface area contributed by atoms with Crippen molar-refractivity contribution in [2.24, 2.45) is 0 Å². The molecule has 2 aliphatic heterocycles. The molecule has 2 heterocycles. The van der Waals surface area contributed by atoms with Crippen LogP contribution in [0, 0.1) is 10.1 Å². The van der Waals surface area contributed by atoms with Gasteiger partial charge in [0.1, 0.15) is 17.9 Å². The van der Waals surface area contributed by atoms with E-state index in [2.05, 4.69) is 0 Å². The molecule has 34 heavy (non-hydrogen) atoms. The predicted molar refractivity (Wildman–Crippen MR) is 122 cm³/mol. The van der Waals surface area contributed by atoms with E-state index >= 15 is 0 Å². The number of rotatable bonds is 7. The maximum atomic E-state index is 13.0. The van der Waals surface area contributed by atoms with E-state index in [1.54, 1.807) is 18.7 Å². The first-order chi connectivity index (χ1) is 16.3. The minimum Gasteiger partial charge on any atom is -0.479 e. The number of carbonyl (C=O) groups is 1. The zero-order valence-electron chi connectivity index (χ0n) is 19.5. The number of nitro benzene ring substituents is 1. The fourth-order valence-corrected chi connectivity index (χ4v) is 5.00. The highest BCUT2D eigenvalue weighted by Gasteiger charge is 2.56. The van der Waals surface area contributed by atoms with Crippen LogP contribution in [0.4, 0.5) is 11.4 Å². The SMILES string of the molecule is CCOC(=O)[C@H]1Cc2ccccc2N1[C@H]1c2cc([N+](=O)[O-])ccc2O[C@@](C)(C(OC)OC)[C@@H]1O. The minimum absolute atomic E-state index is 0.154. The quantitative estimate of drug-likeness (QED) is 0.281. The van der Waals surface area contributed by atoms with Crippen LogP contribution in [-0.2, 0) is 25.4 Å². The first-order valence-corrected chi connectivity index (χ1v) is 11.0. The largest absolute Gasteiger partial charge is 0.479 e. The number of ether oxygens (including phenoxy) is 4. The molecule has 10 nitrogen and oxygen atoms in total. The Hall–Kier alpha value is -3.21. The molecule has 4 rings (SSSR count). The van der Waals surface area contributed by atoms with Gasteiger partial charge in [-0.25, -0.2) is 4.79 Å². The van der Waals surface area contributed by atoms with Crippen molar-refractivity contribution in [3.05, 3.63) is 63.7 Å². The number of aliphatic hydroxyl groups is 1. The molecule has 0 aromatic heterocycles. The molecule has 0 radical (unpaired) electrons. The second-order valence-corrected chi connectivity index (χ2v) is 8.47. The van der Waals surface area contributed by atoms with Crippen LogP contribution in [0.25, 0.3) is 0 Å². The van der Waals surface area contributed by atoms with E-state index in [4.69, 9.17) is 18.9 Å². The van der Waals surface area contributed by atoms with E-state index in [1.165, 1.54) is 32.4 Å². The number of non-ortho nitro benzene ring substituents is 1. The molecule has 0 amide bonds. The number of anilines is 1. The first kappa shape index (κ1) is 23.9. The summed E-state index contributed by atoms with van der Waals surface area (Å²) < 4.78 is 22.4. The van der Waals surface area contributed by atoms with Gasteiger partial charge in [0.15, 0.2) is 11.9 Å². The van der Waals surface area contributed by atoms with Crippen LogP contribution in [0.5, 0.6) is 5.75 Å². The summed E-state index contributed by atoms with van der Waals surface area (Å²) in [6.45, 7) is 3.57. The number of nitrogens with zero attached hydrogens (tertiary/aromatic N) is 2. The molecule has 0 spiro atoms. The number of benzene rings is 2. The Balaban J connectivity index is 1.93. The van der Waals surface area contributed by atoms with Crippen molar-refractivity contribution in [1.82, 2.24) is 0 Å². The van der Waals surface area contributed by atoms with Gasteiger partial charge in [0.05, 0.1) is 17.6 Å². The second kappa shape index (κ2) is 9.21. The van der Waals surface area contributed by atoms with Crippen LogP contribution in [-0.4, -0.2) is 60.9 Å². The van der Waals surface area contributed by atoms with Gasteiger partial charge >= 0.3 is 5.97 Å². The van der Waals surface area contributed by atoms with Crippen molar-refractivity contribution in [1.29, 1.82) is 0 Å². The topological polar surface area (TPSA) is 121 Å². The average Bonchev–Trinajstić information content (AvgIpc) is 3.20. The molecule has 0 saturated carbocycles. The molecule has 2 aliphatic rings. The van der Waals surface area contributed by atoms with Gasteiger partial charge in [-0.1, -0.05) is 18.2 Å². The highest BCUT2D eigenvalue weighted by Crippen LogP contribution is 2.50. The van der Waals surface area contributed by atoms with Gasteiger partial charge in [0.2, 0.25) is 0 Å². The zero-order chi connectivity index (χ0) is 24.6. The van der Waals surface area contributed by atoms with Gasteiger partial charge in [-0.15, -0.1) is 0 Å². The van der Waals surface area contributed by atoms with Crippen LogP contribution in [0.3, 0.4) is 0 Å². The second-order valence-electron chi connectivity index (χ2n) is 8.47. The third-order valence-electron chi connectivity index (χ3n) is 6.51. The fourth-order valence-electron chi connectivity index (χ4n) is 5.00. The summed E-state index contributed by atoms with van der Waals surface area (Å²) >= 11 is 0. The molecule has 0 saturated heterocycles. The Morgan fingerprint density at radius 1 is 1.29 bits per heavy atom. The van der Waals surface area contributed by atoms with Crippen LogP contribution < -0.4 is 9.64 Å². The first-order valence-electron chi connectivity index (χ1n) is 11.0. The van der Waals surface area contributed by atoms with Crippen molar-refractivity contribution in [2.75, 3.05) is 25.7 Å². The summed E-state index contributed by atoms with van der Waals surface area (Å²) in [5.74, 6) is -0.115. The third kappa shape index (κ3) is 3.77. The molecule has 2 aromatic carbocycles. The Morgan fingerprint density at radius 2 is 2.00 bits per heavy atom. The standard InChI is InChI=1S/C24H28N2O8/c1-5-33-22(28)18-12-14-8-6-7-9-17(14)25(18)20-16-13-15(26(29)30)10-11-19(16)34-24(2,21(20)27)23(31-3)32-4/h6-11,13,18,20-21,23,27H,5,12H2,1-4H3/t18-,20+,21-,24-/m1/s1.